The van der Waals surface area contributed by atoms with Gasteiger partial charge in [-0.1, -0.05) is 0 Å². The highest BCUT2D eigenvalue weighted by molar-refractivity contribution is 5.98. The molecule has 1 saturated heterocycles. The Bertz CT molecular complexity index is 1250. The normalized spacial score (nSPS) is 16.4. The molecule has 190 valence electrons. The zero-order valence-electron chi connectivity index (χ0n) is 20.5. The number of hydrogen-bond acceptors (Lipinski definition) is 7. The Kier molecular flexibility index (Phi) is 6.86. The van der Waals surface area contributed by atoms with Crippen molar-refractivity contribution < 1.29 is 14.3 Å². The lowest BCUT2D eigenvalue weighted by atomic mass is 9.95. The molecule has 0 bridgehead atoms. The fourth-order valence-electron chi connectivity index (χ4n) is 4.89. The maximum Gasteiger partial charge on any atom is 0.343 e. The number of piperidine rings is 1. The summed E-state index contributed by atoms with van der Waals surface area (Å²) in [6.45, 7) is 5.77. The van der Waals surface area contributed by atoms with Crippen molar-refractivity contribution in [1.82, 2.24) is 24.8 Å². The SMILES string of the molecule is Cc1cc(-c2cn(CCNCC3CC3)c(C3CCN(c4ncnc(N)c4C(=O)O)CC3)n2)ccc1F. The average Bonchev–Trinajstić information content (AvgIpc) is 3.60. The van der Waals surface area contributed by atoms with Gasteiger partial charge in [-0.15, -0.1) is 0 Å². The number of anilines is 2. The Morgan fingerprint density at radius 1 is 1.22 bits per heavy atom. The lowest BCUT2D eigenvalue weighted by Crippen LogP contribution is -2.36. The van der Waals surface area contributed by atoms with Crippen LogP contribution in [0.2, 0.25) is 0 Å². The van der Waals surface area contributed by atoms with E-state index in [1.54, 1.807) is 13.0 Å². The molecule has 0 atom stereocenters. The molecule has 0 amide bonds. The van der Waals surface area contributed by atoms with Crippen molar-refractivity contribution >= 4 is 17.6 Å². The second-order valence-electron chi connectivity index (χ2n) is 9.81. The molecule has 2 aliphatic rings. The summed E-state index contributed by atoms with van der Waals surface area (Å²) in [4.78, 5) is 26.8. The average molecular weight is 494 g/mol. The minimum absolute atomic E-state index is 0.0249. The number of rotatable bonds is 9. The summed E-state index contributed by atoms with van der Waals surface area (Å²) in [5, 5.41) is 13.2. The number of imidazole rings is 1. The number of carboxylic acids is 1. The van der Waals surface area contributed by atoms with Crippen LogP contribution in [-0.4, -0.2) is 56.8 Å². The smallest absolute Gasteiger partial charge is 0.343 e. The Hall–Kier alpha value is -3.53. The van der Waals surface area contributed by atoms with E-state index < -0.39 is 5.97 Å². The molecule has 1 aliphatic carbocycles. The van der Waals surface area contributed by atoms with Crippen molar-refractivity contribution in [3.05, 3.63) is 53.5 Å². The second kappa shape index (κ2) is 10.2. The predicted molar refractivity (Wildman–Crippen MR) is 136 cm³/mol. The second-order valence-corrected chi connectivity index (χ2v) is 9.81. The van der Waals surface area contributed by atoms with E-state index in [1.165, 1.54) is 25.2 Å². The summed E-state index contributed by atoms with van der Waals surface area (Å²) in [6.07, 6.45) is 7.62. The monoisotopic (exact) mass is 493 g/mol. The number of halogens is 1. The predicted octanol–water partition coefficient (Wildman–Crippen LogP) is 3.45. The quantitative estimate of drug-likeness (QED) is 0.388. The number of nitrogens with zero attached hydrogens (tertiary/aromatic N) is 5. The Morgan fingerprint density at radius 2 is 2.00 bits per heavy atom. The van der Waals surface area contributed by atoms with E-state index in [2.05, 4.69) is 26.0 Å². The molecule has 10 heteroatoms. The molecule has 36 heavy (non-hydrogen) atoms. The third-order valence-electron chi connectivity index (χ3n) is 7.15. The first kappa shape index (κ1) is 24.2. The topological polar surface area (TPSA) is 122 Å². The van der Waals surface area contributed by atoms with Gasteiger partial charge in [0.05, 0.1) is 5.69 Å². The van der Waals surface area contributed by atoms with E-state index in [-0.39, 0.29) is 23.1 Å². The van der Waals surface area contributed by atoms with Crippen LogP contribution in [0.1, 0.15) is 53.3 Å². The number of aryl methyl sites for hydroxylation is 1. The minimum atomic E-state index is -1.13. The van der Waals surface area contributed by atoms with Crippen molar-refractivity contribution in [2.75, 3.05) is 36.8 Å². The summed E-state index contributed by atoms with van der Waals surface area (Å²) in [5.41, 5.74) is 8.12. The van der Waals surface area contributed by atoms with Crippen LogP contribution >= 0.6 is 0 Å². The van der Waals surface area contributed by atoms with Gasteiger partial charge in [0.2, 0.25) is 0 Å². The first-order valence-electron chi connectivity index (χ1n) is 12.5. The first-order valence-corrected chi connectivity index (χ1v) is 12.5. The van der Waals surface area contributed by atoms with Gasteiger partial charge in [0.1, 0.15) is 35.2 Å². The molecule has 5 rings (SSSR count). The van der Waals surface area contributed by atoms with E-state index in [0.29, 0.717) is 24.5 Å². The minimum Gasteiger partial charge on any atom is -0.477 e. The molecule has 2 fully saturated rings. The van der Waals surface area contributed by atoms with Gasteiger partial charge in [0.25, 0.3) is 0 Å². The highest BCUT2D eigenvalue weighted by Gasteiger charge is 2.29. The fourth-order valence-corrected chi connectivity index (χ4v) is 4.89. The van der Waals surface area contributed by atoms with Crippen LogP contribution in [0.5, 0.6) is 0 Å². The molecule has 3 heterocycles. The third kappa shape index (κ3) is 5.18. The molecule has 2 aromatic heterocycles. The van der Waals surface area contributed by atoms with Crippen molar-refractivity contribution in [2.24, 2.45) is 5.92 Å². The highest BCUT2D eigenvalue weighted by Crippen LogP contribution is 2.33. The Morgan fingerprint density at radius 3 is 2.69 bits per heavy atom. The number of aromatic nitrogens is 4. The third-order valence-corrected chi connectivity index (χ3v) is 7.15. The largest absolute Gasteiger partial charge is 0.477 e. The van der Waals surface area contributed by atoms with Crippen LogP contribution in [0.3, 0.4) is 0 Å². The number of benzene rings is 1. The lowest BCUT2D eigenvalue weighted by Gasteiger charge is -2.33. The van der Waals surface area contributed by atoms with E-state index in [1.807, 2.05) is 11.0 Å². The van der Waals surface area contributed by atoms with E-state index >= 15 is 0 Å². The maximum absolute atomic E-state index is 13.9. The number of nitrogen functional groups attached to an aromatic ring is 1. The molecule has 9 nitrogen and oxygen atoms in total. The van der Waals surface area contributed by atoms with Crippen molar-refractivity contribution in [1.29, 1.82) is 0 Å². The molecular formula is C26H32FN7O2. The lowest BCUT2D eigenvalue weighted by molar-refractivity contribution is 0.0698. The molecule has 4 N–H and O–H groups in total. The first-order chi connectivity index (χ1) is 17.4. The summed E-state index contributed by atoms with van der Waals surface area (Å²) in [6, 6.07) is 5.11. The number of nitrogens with one attached hydrogen (secondary N) is 1. The summed E-state index contributed by atoms with van der Waals surface area (Å²) < 4.78 is 16.1. The van der Waals surface area contributed by atoms with Crippen LogP contribution in [0.25, 0.3) is 11.3 Å². The number of carboxylic acid groups (broad SMARTS) is 1. The molecule has 0 unspecified atom stereocenters. The number of hydrogen-bond donors (Lipinski definition) is 3. The van der Waals surface area contributed by atoms with E-state index in [9.17, 15) is 14.3 Å². The Labute approximate surface area is 209 Å². The van der Waals surface area contributed by atoms with Crippen LogP contribution in [0.15, 0.2) is 30.7 Å². The van der Waals surface area contributed by atoms with E-state index in [4.69, 9.17) is 10.7 Å². The summed E-state index contributed by atoms with van der Waals surface area (Å²) >= 11 is 0. The van der Waals surface area contributed by atoms with E-state index in [0.717, 1.165) is 55.5 Å². The van der Waals surface area contributed by atoms with Gasteiger partial charge in [-0.25, -0.2) is 24.1 Å². The molecule has 3 aromatic rings. The van der Waals surface area contributed by atoms with Gasteiger partial charge < -0.3 is 25.6 Å². The maximum atomic E-state index is 13.9. The van der Waals surface area contributed by atoms with Crippen LogP contribution in [0.4, 0.5) is 16.0 Å². The summed E-state index contributed by atoms with van der Waals surface area (Å²) in [7, 11) is 0. The molecule has 1 aliphatic heterocycles. The zero-order chi connectivity index (χ0) is 25.2. The van der Waals surface area contributed by atoms with Crippen molar-refractivity contribution in [3.8, 4) is 11.3 Å². The summed E-state index contributed by atoms with van der Waals surface area (Å²) in [5.74, 6) is 1.04. The van der Waals surface area contributed by atoms with Gasteiger partial charge in [-0.3, -0.25) is 0 Å². The van der Waals surface area contributed by atoms with Crippen LogP contribution in [-0.2, 0) is 6.54 Å². The zero-order valence-corrected chi connectivity index (χ0v) is 20.5. The molecular weight excluding hydrogens is 461 g/mol. The standard InChI is InChI=1S/C26H32FN7O2/c1-16-12-19(4-5-20(16)27)21-14-34(11-8-29-13-17-2-3-17)24(32-21)18-6-9-33(10-7-18)25-22(26(35)36)23(28)30-15-31-25/h4-5,12,14-15,17-18,29H,2-3,6-11,13H2,1H3,(H,35,36)(H2,28,30,31). The molecule has 0 spiro atoms. The fraction of sp³-hybridized carbons (Fsp3) is 0.462. The van der Waals surface area contributed by atoms with Crippen LogP contribution in [0, 0.1) is 18.7 Å². The molecule has 1 aromatic carbocycles. The molecule has 0 radical (unpaired) electrons. The van der Waals surface area contributed by atoms with Crippen LogP contribution < -0.4 is 16.0 Å². The highest BCUT2D eigenvalue weighted by atomic mass is 19.1. The molecule has 1 saturated carbocycles. The number of aromatic carboxylic acids is 1. The van der Waals surface area contributed by atoms with Crippen molar-refractivity contribution in [2.45, 2.75) is 45.1 Å². The number of carbonyl (C=O) groups is 1. The van der Waals surface area contributed by atoms with Gasteiger partial charge in [-0.2, -0.15) is 0 Å². The van der Waals surface area contributed by atoms with Gasteiger partial charge in [0.15, 0.2) is 0 Å². The van der Waals surface area contributed by atoms with Gasteiger partial charge in [0, 0.05) is 43.9 Å². The Balaban J connectivity index is 1.35. The number of nitrogens with two attached hydrogens (primary N) is 1. The van der Waals surface area contributed by atoms with Gasteiger partial charge in [-0.05, 0) is 68.8 Å². The van der Waals surface area contributed by atoms with Crippen molar-refractivity contribution in [3.63, 3.8) is 0 Å². The van der Waals surface area contributed by atoms with Gasteiger partial charge >= 0.3 is 5.97 Å².